The molecule has 0 amide bonds. The molecule has 1 nitrogen and oxygen atoms in total. The van der Waals surface area contributed by atoms with Crippen molar-refractivity contribution in [2.75, 3.05) is 0 Å². The van der Waals surface area contributed by atoms with E-state index in [4.69, 9.17) is 0 Å². The van der Waals surface area contributed by atoms with Crippen molar-refractivity contribution in [1.82, 2.24) is 0 Å². The third-order valence-electron chi connectivity index (χ3n) is 7.11. The van der Waals surface area contributed by atoms with Crippen LogP contribution in [0.3, 0.4) is 0 Å². The highest BCUT2D eigenvalue weighted by Gasteiger charge is 2.51. The number of allylic oxidation sites excluding steroid dienone is 3. The minimum Gasteiger partial charge on any atom is -0.261 e. The maximum atomic E-state index is 13.1. The topological polar surface area (TPSA) is 17.1 Å². The highest BCUT2D eigenvalue weighted by atomic mass is 19.1. The molecule has 0 aromatic carbocycles. The molecule has 0 aromatic rings. The van der Waals surface area contributed by atoms with E-state index in [2.05, 4.69) is 32.6 Å². The number of halogens is 1. The van der Waals surface area contributed by atoms with Crippen LogP contribution in [0, 0.1) is 28.6 Å². The van der Waals surface area contributed by atoms with Crippen molar-refractivity contribution in [1.29, 1.82) is 0 Å². The van der Waals surface area contributed by atoms with Crippen LogP contribution in [0.2, 0.25) is 0 Å². The predicted octanol–water partition coefficient (Wildman–Crippen LogP) is 5.62. The zero-order valence-electron chi connectivity index (χ0n) is 14.0. The molecule has 0 aliphatic heterocycles. The summed E-state index contributed by atoms with van der Waals surface area (Å²) < 4.78 is 13.1. The summed E-state index contributed by atoms with van der Waals surface area (Å²) in [6.07, 6.45) is 12.7. The van der Waals surface area contributed by atoms with Crippen molar-refractivity contribution in [2.45, 2.75) is 65.2 Å². The molecule has 0 heterocycles. The van der Waals surface area contributed by atoms with E-state index in [-0.39, 0.29) is 17.3 Å². The molecule has 3 rings (SSSR count). The normalized spacial score (nSPS) is 44.5. The van der Waals surface area contributed by atoms with E-state index >= 15 is 0 Å². The fraction of sp³-hybridized carbons (Fsp3) is 0.750. The van der Waals surface area contributed by atoms with Gasteiger partial charge in [0, 0.05) is 6.42 Å². The van der Waals surface area contributed by atoms with E-state index in [0.29, 0.717) is 17.8 Å². The van der Waals surface area contributed by atoms with Crippen molar-refractivity contribution in [3.05, 3.63) is 24.3 Å². The number of hydrogen-bond acceptors (Lipinski definition) is 1. The molecule has 5 atom stereocenters. The summed E-state index contributed by atoms with van der Waals surface area (Å²) in [6.45, 7) is 8.60. The molecule has 0 radical (unpaired) electrons. The minimum atomic E-state index is -1.13. The summed E-state index contributed by atoms with van der Waals surface area (Å²) in [5.74, 6) is 1.66. The standard InChI is InChI=1S/C20H29FO/c1-4-19(2)11-5-7-14-15-8-6-12-20(3,13-18(21)22)17(15)10-9-16(14)19/h4,7,15-17H,1,5-6,8-13H2,2-3H3/t15?,16?,17?,19-,20-/m0/s1. The van der Waals surface area contributed by atoms with Gasteiger partial charge >= 0.3 is 6.04 Å². The lowest BCUT2D eigenvalue weighted by molar-refractivity contribution is -0.134. The van der Waals surface area contributed by atoms with Gasteiger partial charge in [0.05, 0.1) is 0 Å². The smallest absolute Gasteiger partial charge is 0.261 e. The first-order valence-corrected chi connectivity index (χ1v) is 8.91. The predicted molar refractivity (Wildman–Crippen MR) is 88.0 cm³/mol. The SMILES string of the molecule is C=C[C@@]1(C)CCC=C2C3CCC[C@@](C)(CC(=O)F)C3CCC21. The summed E-state index contributed by atoms with van der Waals surface area (Å²) in [6, 6.07) is -1.13. The molecule has 2 saturated carbocycles. The van der Waals surface area contributed by atoms with Gasteiger partial charge in [0.25, 0.3) is 0 Å². The van der Waals surface area contributed by atoms with Gasteiger partial charge in [-0.25, -0.2) is 0 Å². The van der Waals surface area contributed by atoms with Crippen LogP contribution in [-0.2, 0) is 4.79 Å². The van der Waals surface area contributed by atoms with Gasteiger partial charge in [-0.3, -0.25) is 4.79 Å². The monoisotopic (exact) mass is 304 g/mol. The molecular formula is C20H29FO. The molecule has 3 aliphatic carbocycles. The molecule has 3 unspecified atom stereocenters. The molecule has 122 valence electrons. The number of carbonyl (C=O) groups is 1. The second kappa shape index (κ2) is 5.62. The molecule has 0 aromatic heterocycles. The van der Waals surface area contributed by atoms with Gasteiger partial charge in [0.15, 0.2) is 0 Å². The van der Waals surface area contributed by atoms with Crippen LogP contribution in [0.4, 0.5) is 4.39 Å². The first kappa shape index (κ1) is 16.0. The number of carbonyl (C=O) groups excluding carboxylic acids is 1. The van der Waals surface area contributed by atoms with Gasteiger partial charge in [-0.1, -0.05) is 38.0 Å². The zero-order valence-corrected chi connectivity index (χ0v) is 14.0. The van der Waals surface area contributed by atoms with Crippen LogP contribution >= 0.6 is 0 Å². The van der Waals surface area contributed by atoms with Crippen LogP contribution in [0.15, 0.2) is 24.3 Å². The third kappa shape index (κ3) is 2.49. The lowest BCUT2D eigenvalue weighted by Gasteiger charge is -2.55. The van der Waals surface area contributed by atoms with Crippen molar-refractivity contribution in [2.24, 2.45) is 28.6 Å². The maximum Gasteiger partial charge on any atom is 0.302 e. The fourth-order valence-electron chi connectivity index (χ4n) is 5.83. The Morgan fingerprint density at radius 2 is 2.14 bits per heavy atom. The van der Waals surface area contributed by atoms with E-state index in [1.165, 1.54) is 19.3 Å². The van der Waals surface area contributed by atoms with E-state index in [0.717, 1.165) is 25.7 Å². The van der Waals surface area contributed by atoms with Crippen LogP contribution in [0.1, 0.15) is 65.2 Å². The van der Waals surface area contributed by atoms with Gasteiger partial charge < -0.3 is 0 Å². The Balaban J connectivity index is 1.90. The van der Waals surface area contributed by atoms with Crippen LogP contribution in [-0.4, -0.2) is 6.04 Å². The van der Waals surface area contributed by atoms with Crippen LogP contribution < -0.4 is 0 Å². The number of fused-ring (bicyclic) bond motifs is 3. The molecule has 0 bridgehead atoms. The Hall–Kier alpha value is -0.920. The quantitative estimate of drug-likeness (QED) is 0.488. The Bertz CT molecular complexity index is 508. The summed E-state index contributed by atoms with van der Waals surface area (Å²) >= 11 is 0. The Morgan fingerprint density at radius 3 is 2.82 bits per heavy atom. The van der Waals surface area contributed by atoms with Crippen molar-refractivity contribution in [3.63, 3.8) is 0 Å². The molecule has 3 aliphatic rings. The average molecular weight is 304 g/mol. The van der Waals surface area contributed by atoms with Gasteiger partial charge in [0.2, 0.25) is 0 Å². The molecular weight excluding hydrogens is 275 g/mol. The molecule has 22 heavy (non-hydrogen) atoms. The highest BCUT2D eigenvalue weighted by molar-refractivity contribution is 5.68. The van der Waals surface area contributed by atoms with Gasteiger partial charge in [-0.05, 0) is 67.1 Å². The highest BCUT2D eigenvalue weighted by Crippen LogP contribution is 2.60. The van der Waals surface area contributed by atoms with Gasteiger partial charge in [-0.15, -0.1) is 6.58 Å². The average Bonchev–Trinajstić information content (AvgIpc) is 2.47. The molecule has 2 heteroatoms. The summed E-state index contributed by atoms with van der Waals surface area (Å²) in [5.41, 5.74) is 1.70. The molecule has 0 N–H and O–H groups in total. The van der Waals surface area contributed by atoms with Gasteiger partial charge in [-0.2, -0.15) is 4.39 Å². The van der Waals surface area contributed by atoms with Crippen molar-refractivity contribution >= 4 is 6.04 Å². The first-order valence-electron chi connectivity index (χ1n) is 8.91. The summed E-state index contributed by atoms with van der Waals surface area (Å²) in [7, 11) is 0. The zero-order chi connectivity index (χ0) is 16.0. The summed E-state index contributed by atoms with van der Waals surface area (Å²) in [4.78, 5) is 11.1. The van der Waals surface area contributed by atoms with Crippen molar-refractivity contribution in [3.8, 4) is 0 Å². The van der Waals surface area contributed by atoms with Crippen LogP contribution in [0.25, 0.3) is 0 Å². The Morgan fingerprint density at radius 1 is 1.36 bits per heavy atom. The maximum absolute atomic E-state index is 13.1. The summed E-state index contributed by atoms with van der Waals surface area (Å²) in [5, 5.41) is 0. The Labute approximate surface area is 134 Å². The number of rotatable bonds is 3. The van der Waals surface area contributed by atoms with E-state index < -0.39 is 6.04 Å². The lowest BCUT2D eigenvalue weighted by Crippen LogP contribution is -2.46. The Kier molecular flexibility index (Phi) is 4.07. The van der Waals surface area contributed by atoms with Crippen molar-refractivity contribution < 1.29 is 9.18 Å². The molecule has 2 fully saturated rings. The number of hydrogen-bond donors (Lipinski definition) is 0. The second-order valence-corrected chi connectivity index (χ2v) is 8.37. The fourth-order valence-corrected chi connectivity index (χ4v) is 5.83. The lowest BCUT2D eigenvalue weighted by atomic mass is 9.50. The first-order chi connectivity index (χ1) is 10.4. The molecule has 0 saturated heterocycles. The van der Waals surface area contributed by atoms with Gasteiger partial charge in [0.1, 0.15) is 0 Å². The largest absolute Gasteiger partial charge is 0.302 e. The molecule has 0 spiro atoms. The third-order valence-corrected chi connectivity index (χ3v) is 7.11. The second-order valence-electron chi connectivity index (χ2n) is 8.37. The van der Waals surface area contributed by atoms with Crippen LogP contribution in [0.5, 0.6) is 0 Å². The van der Waals surface area contributed by atoms with E-state index in [1.54, 1.807) is 5.57 Å². The van der Waals surface area contributed by atoms with E-state index in [9.17, 15) is 9.18 Å². The minimum absolute atomic E-state index is 0.116. The van der Waals surface area contributed by atoms with E-state index in [1.807, 2.05) is 0 Å².